The number of nitro benzene ring substituents is 1. The normalized spacial score (nSPS) is 21.1. The summed E-state index contributed by atoms with van der Waals surface area (Å²) in [6.45, 7) is 0.893. The molecule has 3 amide bonds. The molecule has 2 fully saturated rings. The Bertz CT molecular complexity index is 3540. The summed E-state index contributed by atoms with van der Waals surface area (Å²) in [5, 5.41) is 22.4. The number of nitro groups is 1. The summed E-state index contributed by atoms with van der Waals surface area (Å²) >= 11 is 0. The van der Waals surface area contributed by atoms with Gasteiger partial charge in [-0.2, -0.15) is 0 Å². The van der Waals surface area contributed by atoms with Crippen molar-refractivity contribution >= 4 is 35.3 Å². The van der Waals surface area contributed by atoms with E-state index in [2.05, 4.69) is 16.7 Å². The van der Waals surface area contributed by atoms with E-state index >= 15 is 19.2 Å². The number of benzene rings is 7. The zero-order chi connectivity index (χ0) is 55.0. The Balaban J connectivity index is 1.13. The van der Waals surface area contributed by atoms with Gasteiger partial charge in [0.25, 0.3) is 5.69 Å². The quantitative estimate of drug-likeness (QED) is 0.0530. The van der Waals surface area contributed by atoms with Gasteiger partial charge >= 0.3 is 12.1 Å². The third-order valence-electron chi connectivity index (χ3n) is 15.5. The molecule has 6 unspecified atom stereocenters. The second-order valence-corrected chi connectivity index (χ2v) is 20.2. The van der Waals surface area contributed by atoms with Crippen molar-refractivity contribution in [1.29, 1.82) is 0 Å². The summed E-state index contributed by atoms with van der Waals surface area (Å²) < 4.78 is 24.0. The van der Waals surface area contributed by atoms with E-state index in [9.17, 15) is 15.2 Å². The van der Waals surface area contributed by atoms with Crippen molar-refractivity contribution in [3.8, 4) is 29.1 Å². The number of fused-ring (bicyclic) bond motifs is 4. The Morgan fingerprint density at radius 3 is 2.08 bits per heavy atom. The average Bonchev–Trinajstić information content (AvgIpc) is 2.24. The second kappa shape index (κ2) is 21.6. The van der Waals surface area contributed by atoms with E-state index < -0.39 is 64.4 Å². The number of esters is 1. The number of phenolic OH excluding ortho intramolecular Hbond substituents is 1. The van der Waals surface area contributed by atoms with Crippen molar-refractivity contribution in [3.05, 3.63) is 230 Å². The fourth-order valence-corrected chi connectivity index (χ4v) is 12.0. The molecule has 2 saturated heterocycles. The van der Waals surface area contributed by atoms with Crippen LogP contribution in [0.4, 0.5) is 16.2 Å². The van der Waals surface area contributed by atoms with Crippen molar-refractivity contribution in [2.24, 2.45) is 5.92 Å². The Morgan fingerprint density at radius 1 is 0.772 bits per heavy atom. The standard InChI is InChI=1S/C63H55N5O11/c1-64(37-41-14-7-4-8-15-41)32-13-16-40-23-30-51-50(34-40)63(61(72)66(51)62(73)78-39-42-21-26-48(27-22-42)68(74)75)54(59(70)65-33-31-46-35-52(76-2)53(77-3)36-47(46)38-65)56-60(71)79-57(44-19-11-6-12-20-44)55(43-17-9-5-10-18-43)67(56)58(63)45-24-28-49(69)29-25-45/h4-12,14-15,17-30,34-36,54-58,69H,31-33,37-39H2,1-3H3. The summed E-state index contributed by atoms with van der Waals surface area (Å²) in [6.07, 6.45) is -1.65. The second-order valence-electron chi connectivity index (χ2n) is 20.2. The Kier molecular flexibility index (Phi) is 14.2. The van der Waals surface area contributed by atoms with Gasteiger partial charge < -0.3 is 29.0 Å². The first-order valence-corrected chi connectivity index (χ1v) is 25.9. The minimum absolute atomic E-state index is 0.0665. The number of imide groups is 1. The third-order valence-corrected chi connectivity index (χ3v) is 15.5. The minimum atomic E-state index is -2.13. The van der Waals surface area contributed by atoms with Crippen LogP contribution in [0.25, 0.3) is 0 Å². The molecule has 398 valence electrons. The number of non-ortho nitro benzene ring substituents is 1. The van der Waals surface area contributed by atoms with Crippen LogP contribution in [-0.2, 0) is 55.4 Å². The maximum Gasteiger partial charge on any atom is 0.421 e. The predicted molar refractivity (Wildman–Crippen MR) is 292 cm³/mol. The van der Waals surface area contributed by atoms with Gasteiger partial charge in [0, 0.05) is 37.3 Å². The van der Waals surface area contributed by atoms with Crippen molar-refractivity contribution in [2.75, 3.05) is 39.3 Å². The average molecular weight is 1060 g/mol. The van der Waals surface area contributed by atoms with Gasteiger partial charge in [-0.3, -0.25) is 34.3 Å². The summed E-state index contributed by atoms with van der Waals surface area (Å²) in [5.41, 5.74) is 3.62. The van der Waals surface area contributed by atoms with Crippen LogP contribution in [-0.4, -0.2) is 89.0 Å². The summed E-state index contributed by atoms with van der Waals surface area (Å²) in [4.78, 5) is 81.9. The lowest BCUT2D eigenvalue weighted by Crippen LogP contribution is -2.57. The molecule has 4 aliphatic heterocycles. The molecule has 79 heavy (non-hydrogen) atoms. The fraction of sp³-hybridized carbons (Fsp3) is 0.238. The molecule has 0 bridgehead atoms. The zero-order valence-corrected chi connectivity index (χ0v) is 43.6. The van der Waals surface area contributed by atoms with Crippen molar-refractivity contribution in [1.82, 2.24) is 14.7 Å². The minimum Gasteiger partial charge on any atom is -0.508 e. The molecule has 7 aromatic rings. The molecule has 16 heteroatoms. The number of rotatable bonds is 12. The molecule has 16 nitrogen and oxygen atoms in total. The molecule has 6 atom stereocenters. The van der Waals surface area contributed by atoms with Gasteiger partial charge in [0.15, 0.2) is 11.5 Å². The van der Waals surface area contributed by atoms with E-state index in [1.165, 1.54) is 43.5 Å². The highest BCUT2D eigenvalue weighted by atomic mass is 16.6. The number of phenols is 1. The number of methoxy groups -OCH3 is 2. The number of morpholine rings is 1. The number of amides is 3. The molecule has 11 rings (SSSR count). The summed E-state index contributed by atoms with van der Waals surface area (Å²) in [6, 6.07) is 45.9. The molecule has 4 heterocycles. The van der Waals surface area contributed by atoms with E-state index in [4.69, 9.17) is 18.9 Å². The number of aromatic hydroxyl groups is 1. The number of hydrogen-bond acceptors (Lipinski definition) is 13. The Labute approximate surface area is 456 Å². The Morgan fingerprint density at radius 2 is 1.42 bits per heavy atom. The first kappa shape index (κ1) is 51.8. The van der Waals surface area contributed by atoms with Crippen LogP contribution in [0, 0.1) is 27.9 Å². The van der Waals surface area contributed by atoms with Crippen LogP contribution >= 0.6 is 0 Å². The van der Waals surface area contributed by atoms with E-state index in [0.717, 1.165) is 27.2 Å². The first-order valence-electron chi connectivity index (χ1n) is 25.9. The molecule has 4 aliphatic rings. The van der Waals surface area contributed by atoms with E-state index in [1.54, 1.807) is 42.3 Å². The molecule has 0 aromatic heterocycles. The highest BCUT2D eigenvalue weighted by Crippen LogP contribution is 2.66. The number of hydrogen-bond donors (Lipinski definition) is 1. The fourth-order valence-electron chi connectivity index (χ4n) is 12.0. The molecular weight excluding hydrogens is 1000 g/mol. The largest absolute Gasteiger partial charge is 0.508 e. The van der Waals surface area contributed by atoms with Crippen molar-refractivity contribution in [3.63, 3.8) is 0 Å². The van der Waals surface area contributed by atoms with Crippen LogP contribution < -0.4 is 14.4 Å². The summed E-state index contributed by atoms with van der Waals surface area (Å²) in [7, 11) is 5.05. The van der Waals surface area contributed by atoms with Gasteiger partial charge in [0.05, 0.1) is 49.4 Å². The van der Waals surface area contributed by atoms with Gasteiger partial charge in [-0.1, -0.05) is 115 Å². The maximum atomic E-state index is 16.9. The van der Waals surface area contributed by atoms with Crippen LogP contribution in [0.15, 0.2) is 170 Å². The van der Waals surface area contributed by atoms with Gasteiger partial charge in [-0.25, -0.2) is 9.69 Å². The lowest BCUT2D eigenvalue weighted by Gasteiger charge is -2.46. The highest BCUT2D eigenvalue weighted by molar-refractivity contribution is 6.23. The third kappa shape index (κ3) is 9.46. The molecule has 1 N–H and O–H groups in total. The van der Waals surface area contributed by atoms with Gasteiger partial charge in [-0.15, -0.1) is 0 Å². The molecular formula is C63H55N5O11. The number of carbonyl (C=O) groups is 4. The van der Waals surface area contributed by atoms with Crippen LogP contribution in [0.2, 0.25) is 0 Å². The van der Waals surface area contributed by atoms with Gasteiger partial charge in [0.2, 0.25) is 11.8 Å². The number of ether oxygens (including phenoxy) is 4. The molecule has 0 aliphatic carbocycles. The summed E-state index contributed by atoms with van der Waals surface area (Å²) in [5.74, 6) is 3.81. The molecule has 7 aromatic carbocycles. The predicted octanol–water partition coefficient (Wildman–Crippen LogP) is 9.39. The maximum absolute atomic E-state index is 16.9. The molecule has 1 spiro atoms. The molecule has 0 saturated carbocycles. The smallest absolute Gasteiger partial charge is 0.421 e. The number of nitrogens with zero attached hydrogens (tertiary/aromatic N) is 5. The SMILES string of the molecule is COc1cc2c(cc1OC)CN(C(=O)C1C3C(=O)OC(c4ccccc4)C(c4ccccc4)N3C(c3ccc(O)cc3)C13C(=O)N(C(=O)OCc1ccc([N+](=O)[O-])cc1)c1ccc(C#CCN(C)Cc4ccccc4)cc13)CC2. The Hall–Kier alpha value is -9.30. The number of carbonyl (C=O) groups excluding carboxylic acids is 4. The van der Waals surface area contributed by atoms with Crippen LogP contribution in [0.3, 0.4) is 0 Å². The van der Waals surface area contributed by atoms with E-state index in [-0.39, 0.29) is 42.4 Å². The highest BCUT2D eigenvalue weighted by Gasteiger charge is 2.76. The van der Waals surface area contributed by atoms with Crippen LogP contribution in [0.5, 0.6) is 17.2 Å². The van der Waals surface area contributed by atoms with Gasteiger partial charge in [-0.05, 0) is 113 Å². The van der Waals surface area contributed by atoms with E-state index in [0.29, 0.717) is 53.3 Å². The topological polar surface area (TPSA) is 182 Å². The van der Waals surface area contributed by atoms with E-state index in [1.807, 2.05) is 115 Å². The lowest BCUT2D eigenvalue weighted by molar-refractivity contribution is -0.384. The molecule has 0 radical (unpaired) electrons. The van der Waals surface area contributed by atoms with Crippen LogP contribution in [0.1, 0.15) is 68.3 Å². The number of cyclic esters (lactones) is 1. The first-order chi connectivity index (χ1) is 38.4. The lowest BCUT2D eigenvalue weighted by atomic mass is 9.64. The monoisotopic (exact) mass is 1060 g/mol. The zero-order valence-electron chi connectivity index (χ0n) is 43.6. The number of anilines is 1. The van der Waals surface area contributed by atoms with Crippen molar-refractivity contribution < 1.29 is 48.2 Å². The van der Waals surface area contributed by atoms with Gasteiger partial charge in [0.1, 0.15) is 29.9 Å². The van der Waals surface area contributed by atoms with Crippen molar-refractivity contribution in [2.45, 2.75) is 55.8 Å².